The quantitative estimate of drug-likeness (QED) is 0.485. The number of nitrogens with two attached hydrogens (primary N) is 1. The summed E-state index contributed by atoms with van der Waals surface area (Å²) in [6.07, 6.45) is -0.956. The van der Waals surface area contributed by atoms with Crippen molar-refractivity contribution in [1.29, 1.82) is 0 Å². The molecule has 0 aliphatic rings. The first-order valence-electron chi connectivity index (χ1n) is 3.83. The molecule has 0 radical (unpaired) electrons. The van der Waals surface area contributed by atoms with Crippen LogP contribution in [0.5, 0.6) is 0 Å². The number of nitrogen functional groups attached to an aromatic ring is 1. The van der Waals surface area contributed by atoms with Crippen LogP contribution in [0.1, 0.15) is 11.7 Å². The average Bonchev–Trinajstić information content (AvgIpc) is 2.17. The van der Waals surface area contributed by atoms with Gasteiger partial charge in [0.2, 0.25) is 0 Å². The zero-order valence-corrected chi connectivity index (χ0v) is 6.96. The number of aliphatic hydroxyl groups is 3. The fraction of sp³-hybridized carbons (Fsp3) is 0.375. The molecule has 1 rings (SSSR count). The summed E-state index contributed by atoms with van der Waals surface area (Å²) in [7, 11) is 0. The fourth-order valence-electron chi connectivity index (χ4n) is 0.914. The molecule has 5 nitrogen and oxygen atoms in total. The largest absolute Gasteiger partial charge is 0.394 e. The van der Waals surface area contributed by atoms with E-state index in [0.29, 0.717) is 11.4 Å². The zero-order valence-electron chi connectivity index (χ0n) is 6.96. The molecule has 0 aromatic carbocycles. The number of pyridine rings is 1. The highest BCUT2D eigenvalue weighted by molar-refractivity contribution is 5.30. The predicted octanol–water partition coefficient (Wildman–Crippen LogP) is -0.950. The Morgan fingerprint density at radius 3 is 2.54 bits per heavy atom. The lowest BCUT2D eigenvalue weighted by molar-refractivity contribution is -0.0154. The fourth-order valence-corrected chi connectivity index (χ4v) is 0.914. The smallest absolute Gasteiger partial charge is 0.123 e. The van der Waals surface area contributed by atoms with E-state index in [1.807, 2.05) is 0 Å². The highest BCUT2D eigenvalue weighted by Gasteiger charge is 2.17. The maximum atomic E-state index is 9.39. The topological polar surface area (TPSA) is 99.6 Å². The molecule has 1 aromatic heterocycles. The van der Waals surface area contributed by atoms with Crippen LogP contribution >= 0.6 is 0 Å². The summed E-state index contributed by atoms with van der Waals surface area (Å²) in [5, 5.41) is 27.0. The molecule has 1 heterocycles. The van der Waals surface area contributed by atoms with Gasteiger partial charge in [0.05, 0.1) is 6.61 Å². The second-order valence-electron chi connectivity index (χ2n) is 2.71. The van der Waals surface area contributed by atoms with Crippen LogP contribution in [-0.4, -0.2) is 33.0 Å². The Labute approximate surface area is 75.5 Å². The van der Waals surface area contributed by atoms with Crippen LogP contribution in [0.15, 0.2) is 18.3 Å². The Morgan fingerprint density at radius 2 is 2.08 bits per heavy atom. The van der Waals surface area contributed by atoms with Gasteiger partial charge < -0.3 is 21.1 Å². The zero-order chi connectivity index (χ0) is 9.84. The van der Waals surface area contributed by atoms with E-state index in [0.717, 1.165) is 0 Å². The van der Waals surface area contributed by atoms with Gasteiger partial charge in [0, 0.05) is 11.8 Å². The molecule has 0 aliphatic heterocycles. The van der Waals surface area contributed by atoms with Crippen LogP contribution in [-0.2, 0) is 0 Å². The van der Waals surface area contributed by atoms with Gasteiger partial charge in [0.15, 0.2) is 0 Å². The van der Waals surface area contributed by atoms with Crippen LogP contribution in [0.4, 0.5) is 5.82 Å². The van der Waals surface area contributed by atoms with Crippen LogP contribution < -0.4 is 5.73 Å². The van der Waals surface area contributed by atoms with E-state index < -0.39 is 18.8 Å². The molecule has 0 bridgehead atoms. The molecule has 0 aliphatic carbocycles. The number of aliphatic hydroxyl groups excluding tert-OH is 3. The van der Waals surface area contributed by atoms with E-state index in [4.69, 9.17) is 15.9 Å². The van der Waals surface area contributed by atoms with E-state index >= 15 is 0 Å². The van der Waals surface area contributed by atoms with Crippen molar-refractivity contribution in [2.75, 3.05) is 12.3 Å². The lowest BCUT2D eigenvalue weighted by Crippen LogP contribution is -2.22. The Bertz CT molecular complexity index is 263. The number of aromatic nitrogens is 1. The summed E-state index contributed by atoms with van der Waals surface area (Å²) < 4.78 is 0. The van der Waals surface area contributed by atoms with Gasteiger partial charge in [-0.3, -0.25) is 0 Å². The Balaban J connectivity index is 2.77. The number of hydrogen-bond donors (Lipinski definition) is 4. The van der Waals surface area contributed by atoms with Crippen molar-refractivity contribution in [3.63, 3.8) is 0 Å². The van der Waals surface area contributed by atoms with Crippen LogP contribution in [0, 0.1) is 0 Å². The van der Waals surface area contributed by atoms with Crippen molar-refractivity contribution in [1.82, 2.24) is 4.98 Å². The number of nitrogens with zero attached hydrogens (tertiary/aromatic N) is 1. The average molecular weight is 184 g/mol. The summed E-state index contributed by atoms with van der Waals surface area (Å²) in [6, 6.07) is 3.06. The summed E-state index contributed by atoms with van der Waals surface area (Å²) in [5.74, 6) is 0.342. The first kappa shape index (κ1) is 9.91. The third-order valence-electron chi connectivity index (χ3n) is 1.70. The molecule has 72 valence electrons. The van der Waals surface area contributed by atoms with Gasteiger partial charge in [-0.05, 0) is 6.07 Å². The van der Waals surface area contributed by atoms with Crippen molar-refractivity contribution in [2.45, 2.75) is 12.2 Å². The molecule has 0 saturated heterocycles. The van der Waals surface area contributed by atoms with Gasteiger partial charge in [-0.25, -0.2) is 4.98 Å². The minimum absolute atomic E-state index is 0.342. The number of anilines is 1. The van der Waals surface area contributed by atoms with Crippen LogP contribution in [0.3, 0.4) is 0 Å². The van der Waals surface area contributed by atoms with E-state index in [-0.39, 0.29) is 0 Å². The second-order valence-corrected chi connectivity index (χ2v) is 2.71. The Morgan fingerprint density at radius 1 is 1.38 bits per heavy atom. The van der Waals surface area contributed by atoms with E-state index in [1.165, 1.54) is 12.3 Å². The first-order valence-corrected chi connectivity index (χ1v) is 3.83. The van der Waals surface area contributed by atoms with Gasteiger partial charge in [-0.2, -0.15) is 0 Å². The molecule has 5 heteroatoms. The number of rotatable bonds is 3. The van der Waals surface area contributed by atoms with Gasteiger partial charge in [0.1, 0.15) is 18.0 Å². The monoisotopic (exact) mass is 184 g/mol. The lowest BCUT2D eigenvalue weighted by atomic mass is 10.1. The molecule has 5 N–H and O–H groups in total. The third-order valence-corrected chi connectivity index (χ3v) is 1.70. The maximum Gasteiger partial charge on any atom is 0.123 e. The van der Waals surface area contributed by atoms with E-state index in [1.54, 1.807) is 6.07 Å². The Kier molecular flexibility index (Phi) is 3.18. The van der Waals surface area contributed by atoms with Crippen molar-refractivity contribution in [2.24, 2.45) is 0 Å². The summed E-state index contributed by atoms with van der Waals surface area (Å²) >= 11 is 0. The van der Waals surface area contributed by atoms with E-state index in [9.17, 15) is 5.11 Å². The third kappa shape index (κ3) is 2.38. The van der Waals surface area contributed by atoms with Gasteiger partial charge in [-0.1, -0.05) is 6.07 Å². The van der Waals surface area contributed by atoms with E-state index in [2.05, 4.69) is 4.98 Å². The number of hydrogen-bond acceptors (Lipinski definition) is 5. The second kappa shape index (κ2) is 4.18. The molecule has 2 atom stereocenters. The standard InChI is InChI=1S/C8H12N2O3/c9-7-2-1-5(3-10-7)8(13)6(12)4-11/h1-3,6,8,11-13H,4H2,(H2,9,10). The first-order chi connectivity index (χ1) is 6.15. The Hall–Kier alpha value is -1.17. The highest BCUT2D eigenvalue weighted by Crippen LogP contribution is 2.15. The SMILES string of the molecule is Nc1ccc(C(O)C(O)CO)cn1. The van der Waals surface area contributed by atoms with Crippen LogP contribution in [0.2, 0.25) is 0 Å². The van der Waals surface area contributed by atoms with Crippen molar-refractivity contribution in [3.05, 3.63) is 23.9 Å². The van der Waals surface area contributed by atoms with Crippen molar-refractivity contribution in [3.8, 4) is 0 Å². The lowest BCUT2D eigenvalue weighted by Gasteiger charge is -2.15. The molecule has 1 aromatic rings. The predicted molar refractivity (Wildman–Crippen MR) is 46.7 cm³/mol. The molecule has 2 unspecified atom stereocenters. The maximum absolute atomic E-state index is 9.39. The summed E-state index contributed by atoms with van der Waals surface area (Å²) in [5.41, 5.74) is 5.76. The van der Waals surface area contributed by atoms with Crippen molar-refractivity contribution < 1.29 is 15.3 Å². The minimum Gasteiger partial charge on any atom is -0.394 e. The molecule has 0 fully saturated rings. The highest BCUT2D eigenvalue weighted by atomic mass is 16.4. The van der Waals surface area contributed by atoms with Gasteiger partial charge in [0.25, 0.3) is 0 Å². The molecule has 13 heavy (non-hydrogen) atoms. The van der Waals surface area contributed by atoms with Crippen molar-refractivity contribution >= 4 is 5.82 Å². The molecular formula is C8H12N2O3. The normalized spacial score (nSPS) is 15.3. The summed E-state index contributed by atoms with van der Waals surface area (Å²) in [4.78, 5) is 3.74. The molecule has 0 saturated carbocycles. The molecule has 0 amide bonds. The van der Waals surface area contributed by atoms with Gasteiger partial charge in [-0.15, -0.1) is 0 Å². The minimum atomic E-state index is -1.19. The summed E-state index contributed by atoms with van der Waals surface area (Å²) in [6.45, 7) is -0.495. The molecular weight excluding hydrogens is 172 g/mol. The molecule has 0 spiro atoms. The van der Waals surface area contributed by atoms with Gasteiger partial charge >= 0.3 is 0 Å². The van der Waals surface area contributed by atoms with Crippen LogP contribution in [0.25, 0.3) is 0 Å².